The number of carbonyl (C=O) groups is 2. The van der Waals surface area contributed by atoms with Gasteiger partial charge in [0, 0.05) is 24.4 Å². The Morgan fingerprint density at radius 3 is 2.59 bits per heavy atom. The summed E-state index contributed by atoms with van der Waals surface area (Å²) < 4.78 is 5.23. The highest BCUT2D eigenvalue weighted by molar-refractivity contribution is 5.97. The van der Waals surface area contributed by atoms with Crippen LogP contribution in [-0.2, 0) is 22.5 Å². The van der Waals surface area contributed by atoms with E-state index in [0.717, 1.165) is 36.5 Å². The third-order valence-corrected chi connectivity index (χ3v) is 5.80. The summed E-state index contributed by atoms with van der Waals surface area (Å²) in [6.07, 6.45) is 2.75. The second-order valence-electron chi connectivity index (χ2n) is 8.11. The first-order valence-corrected chi connectivity index (χ1v) is 11.1. The highest BCUT2D eigenvalue weighted by atomic mass is 16.6. The standard InChI is InChI=1S/C26H25N3O5/c30-25(28-24-12-6-10-19-9-4-5-11-21(19)24)17-34-26(31)22-15-20(29(32)33)13-14-23(22)27-16-18-7-2-1-3-8-18/h1-5,7-9,11,13-15,24,27H,6,10,12,16-17H2,(H,28,30)/t24-/m1/s1. The van der Waals surface area contributed by atoms with Gasteiger partial charge in [-0.2, -0.15) is 0 Å². The zero-order valence-electron chi connectivity index (χ0n) is 18.5. The molecule has 0 bridgehead atoms. The predicted octanol–water partition coefficient (Wildman–Crippen LogP) is 4.56. The fraction of sp³-hybridized carbons (Fsp3) is 0.231. The molecule has 8 nitrogen and oxygen atoms in total. The summed E-state index contributed by atoms with van der Waals surface area (Å²) in [5.74, 6) is -1.22. The lowest BCUT2D eigenvalue weighted by molar-refractivity contribution is -0.384. The van der Waals surface area contributed by atoms with Crippen molar-refractivity contribution >= 4 is 23.3 Å². The third-order valence-electron chi connectivity index (χ3n) is 5.80. The largest absolute Gasteiger partial charge is 0.452 e. The Morgan fingerprint density at radius 1 is 1.03 bits per heavy atom. The monoisotopic (exact) mass is 459 g/mol. The molecule has 34 heavy (non-hydrogen) atoms. The first-order chi connectivity index (χ1) is 16.5. The number of benzene rings is 3. The van der Waals surface area contributed by atoms with Gasteiger partial charge in [-0.25, -0.2) is 4.79 Å². The number of amides is 1. The predicted molar refractivity (Wildman–Crippen MR) is 127 cm³/mol. The molecule has 8 heteroatoms. The molecule has 0 unspecified atom stereocenters. The number of hydrogen-bond donors (Lipinski definition) is 2. The summed E-state index contributed by atoms with van der Waals surface area (Å²) in [7, 11) is 0. The Bertz CT molecular complexity index is 1200. The van der Waals surface area contributed by atoms with Crippen molar-refractivity contribution in [3.8, 4) is 0 Å². The number of aryl methyl sites for hydroxylation is 1. The highest BCUT2D eigenvalue weighted by Gasteiger charge is 2.23. The minimum absolute atomic E-state index is 0.000873. The normalized spacial score (nSPS) is 14.5. The molecule has 0 fully saturated rings. The van der Waals surface area contributed by atoms with Crippen LogP contribution in [0.15, 0.2) is 72.8 Å². The number of nitro groups is 1. The average molecular weight is 460 g/mol. The first-order valence-electron chi connectivity index (χ1n) is 11.1. The molecule has 0 aliphatic heterocycles. The van der Waals surface area contributed by atoms with Crippen molar-refractivity contribution in [3.63, 3.8) is 0 Å². The molecule has 0 aromatic heterocycles. The van der Waals surface area contributed by atoms with Gasteiger partial charge < -0.3 is 15.4 Å². The number of non-ortho nitro benzene ring substituents is 1. The molecule has 1 aliphatic rings. The van der Waals surface area contributed by atoms with Crippen LogP contribution < -0.4 is 10.6 Å². The number of nitrogens with zero attached hydrogens (tertiary/aromatic N) is 1. The molecule has 2 N–H and O–H groups in total. The molecule has 0 radical (unpaired) electrons. The lowest BCUT2D eigenvalue weighted by Crippen LogP contribution is -2.34. The van der Waals surface area contributed by atoms with Crippen LogP contribution in [0.4, 0.5) is 11.4 Å². The summed E-state index contributed by atoms with van der Waals surface area (Å²) >= 11 is 0. The number of hydrogen-bond acceptors (Lipinski definition) is 6. The smallest absolute Gasteiger partial charge is 0.341 e. The van der Waals surface area contributed by atoms with Gasteiger partial charge in [-0.15, -0.1) is 0 Å². The van der Waals surface area contributed by atoms with Gasteiger partial charge in [0.25, 0.3) is 11.6 Å². The summed E-state index contributed by atoms with van der Waals surface area (Å²) in [4.78, 5) is 35.9. The fourth-order valence-electron chi connectivity index (χ4n) is 4.11. The van der Waals surface area contributed by atoms with Gasteiger partial charge in [0.2, 0.25) is 0 Å². The van der Waals surface area contributed by atoms with E-state index in [0.29, 0.717) is 12.2 Å². The van der Waals surface area contributed by atoms with E-state index in [9.17, 15) is 19.7 Å². The summed E-state index contributed by atoms with van der Waals surface area (Å²) in [5, 5.41) is 17.3. The van der Waals surface area contributed by atoms with Crippen LogP contribution in [-0.4, -0.2) is 23.4 Å². The van der Waals surface area contributed by atoms with Crippen LogP contribution in [0.3, 0.4) is 0 Å². The van der Waals surface area contributed by atoms with Crippen molar-refractivity contribution in [1.82, 2.24) is 5.32 Å². The number of nitro benzene ring substituents is 1. The number of esters is 1. The quantitative estimate of drug-likeness (QED) is 0.290. The average Bonchev–Trinajstić information content (AvgIpc) is 2.86. The molecule has 1 amide bonds. The summed E-state index contributed by atoms with van der Waals surface area (Å²) in [6.45, 7) is -0.0567. The SMILES string of the molecule is O=C(COC(=O)c1cc([N+](=O)[O-])ccc1NCc1ccccc1)N[C@@H]1CCCc2ccccc21. The second-order valence-corrected chi connectivity index (χ2v) is 8.11. The molecule has 3 aromatic rings. The molecule has 1 atom stereocenters. The maximum Gasteiger partial charge on any atom is 0.341 e. The summed E-state index contributed by atoms with van der Waals surface area (Å²) in [5.41, 5.74) is 3.43. The maximum atomic E-state index is 12.8. The van der Waals surface area contributed by atoms with Crippen molar-refractivity contribution in [3.05, 3.63) is 105 Å². The van der Waals surface area contributed by atoms with E-state index >= 15 is 0 Å². The molecule has 0 saturated heterocycles. The van der Waals surface area contributed by atoms with Crippen molar-refractivity contribution in [2.24, 2.45) is 0 Å². The van der Waals surface area contributed by atoms with Crippen molar-refractivity contribution in [1.29, 1.82) is 0 Å². The van der Waals surface area contributed by atoms with E-state index in [4.69, 9.17) is 4.74 Å². The molecule has 0 heterocycles. The topological polar surface area (TPSA) is 111 Å². The maximum absolute atomic E-state index is 12.8. The fourth-order valence-corrected chi connectivity index (χ4v) is 4.11. The van der Waals surface area contributed by atoms with E-state index in [2.05, 4.69) is 16.7 Å². The number of rotatable bonds is 8. The van der Waals surface area contributed by atoms with Crippen molar-refractivity contribution < 1.29 is 19.2 Å². The van der Waals surface area contributed by atoms with Crippen LogP contribution in [0.1, 0.15) is 45.9 Å². The molecule has 4 rings (SSSR count). The Hall–Kier alpha value is -4.20. The van der Waals surface area contributed by atoms with E-state index < -0.39 is 23.4 Å². The Labute approximate surface area is 197 Å². The van der Waals surface area contributed by atoms with E-state index in [-0.39, 0.29) is 17.3 Å². The van der Waals surface area contributed by atoms with E-state index in [1.165, 1.54) is 17.7 Å². The van der Waals surface area contributed by atoms with Crippen LogP contribution in [0, 0.1) is 10.1 Å². The molecular formula is C26H25N3O5. The third kappa shape index (κ3) is 5.58. The number of anilines is 1. The van der Waals surface area contributed by atoms with Gasteiger partial charge in [-0.3, -0.25) is 14.9 Å². The van der Waals surface area contributed by atoms with Crippen molar-refractivity contribution in [2.45, 2.75) is 31.8 Å². The molecule has 3 aromatic carbocycles. The second kappa shape index (κ2) is 10.6. The minimum atomic E-state index is -0.807. The molecule has 0 spiro atoms. The first kappa shape index (κ1) is 23.0. The van der Waals surface area contributed by atoms with Crippen LogP contribution >= 0.6 is 0 Å². The zero-order chi connectivity index (χ0) is 23.9. The van der Waals surface area contributed by atoms with Gasteiger partial charge in [0.05, 0.1) is 16.5 Å². The minimum Gasteiger partial charge on any atom is -0.452 e. The van der Waals surface area contributed by atoms with Crippen LogP contribution in [0.25, 0.3) is 0 Å². The number of fused-ring (bicyclic) bond motifs is 1. The lowest BCUT2D eigenvalue weighted by Gasteiger charge is -2.26. The Morgan fingerprint density at radius 2 is 1.79 bits per heavy atom. The molecular weight excluding hydrogens is 434 g/mol. The zero-order valence-corrected chi connectivity index (χ0v) is 18.5. The number of carbonyl (C=O) groups excluding carboxylic acids is 2. The van der Waals surface area contributed by atoms with Crippen molar-refractivity contribution in [2.75, 3.05) is 11.9 Å². The highest BCUT2D eigenvalue weighted by Crippen LogP contribution is 2.29. The van der Waals surface area contributed by atoms with Gasteiger partial charge >= 0.3 is 5.97 Å². The lowest BCUT2D eigenvalue weighted by atomic mass is 9.88. The van der Waals surface area contributed by atoms with Gasteiger partial charge in [-0.05, 0) is 42.0 Å². The number of ether oxygens (including phenoxy) is 1. The van der Waals surface area contributed by atoms with Crippen LogP contribution in [0.2, 0.25) is 0 Å². The molecule has 174 valence electrons. The van der Waals surface area contributed by atoms with Crippen LogP contribution in [0.5, 0.6) is 0 Å². The summed E-state index contributed by atoms with van der Waals surface area (Å²) in [6, 6.07) is 21.3. The molecule has 0 saturated carbocycles. The van der Waals surface area contributed by atoms with E-state index in [1.54, 1.807) is 0 Å². The Kier molecular flexibility index (Phi) is 7.17. The Balaban J connectivity index is 1.42. The number of nitrogens with one attached hydrogen (secondary N) is 2. The van der Waals surface area contributed by atoms with Gasteiger partial charge in [0.1, 0.15) is 0 Å². The van der Waals surface area contributed by atoms with E-state index in [1.807, 2.05) is 48.5 Å². The van der Waals surface area contributed by atoms with Gasteiger partial charge in [-0.1, -0.05) is 54.6 Å². The van der Waals surface area contributed by atoms with Gasteiger partial charge in [0.15, 0.2) is 6.61 Å². The molecule has 1 aliphatic carbocycles.